The van der Waals surface area contributed by atoms with Crippen LogP contribution in [0.2, 0.25) is 0 Å². The lowest BCUT2D eigenvalue weighted by atomic mass is 10.1. The molecule has 3 aromatic carbocycles. The molecular formula is C29H13N5S6. The Balaban J connectivity index is 1.31. The number of thiazole rings is 2. The maximum Gasteiger partial charge on any atom is 0.142 e. The van der Waals surface area contributed by atoms with E-state index in [1.807, 2.05) is 60.7 Å². The number of allylic oxidation sites excluding steroid dienone is 2. The average Bonchev–Trinajstić information content (AvgIpc) is 3.75. The summed E-state index contributed by atoms with van der Waals surface area (Å²) in [5.74, 6) is 0. The average molecular weight is 624 g/mol. The minimum Gasteiger partial charge on any atom is -0.234 e. The maximum atomic E-state index is 5.79. The number of thiocarbonyl (C=S) groups is 4. The lowest BCUT2D eigenvalue weighted by Crippen LogP contribution is -1.97. The fraction of sp³-hybridized carbons (Fsp3) is 0.0345. The van der Waals surface area contributed by atoms with Crippen LogP contribution in [0.1, 0.15) is 32.3 Å². The van der Waals surface area contributed by atoms with Gasteiger partial charge in [-0.2, -0.15) is 15.0 Å². The molecule has 6 aromatic rings. The van der Waals surface area contributed by atoms with E-state index in [0.29, 0.717) is 0 Å². The molecular weight excluding hydrogens is 611 g/mol. The number of benzene rings is 3. The quantitative estimate of drug-likeness (QED) is 0.148. The van der Waals surface area contributed by atoms with Crippen LogP contribution < -0.4 is 0 Å². The normalized spacial score (nSPS) is 14.7. The Bertz CT molecular complexity index is 2030. The van der Waals surface area contributed by atoms with Crippen molar-refractivity contribution in [2.24, 2.45) is 7.05 Å². The Morgan fingerprint density at radius 3 is 1.27 bits per heavy atom. The zero-order valence-electron chi connectivity index (χ0n) is 20.5. The molecule has 0 saturated heterocycles. The first-order valence-corrected chi connectivity index (χ1v) is 15.4. The number of aryl methyl sites for hydroxylation is 1. The topological polar surface area (TPSA) is 56.5 Å². The van der Waals surface area contributed by atoms with Crippen molar-refractivity contribution in [2.75, 3.05) is 0 Å². The van der Waals surface area contributed by atoms with Crippen LogP contribution in [0.3, 0.4) is 0 Å². The highest BCUT2D eigenvalue weighted by molar-refractivity contribution is 7.84. The molecule has 5 nitrogen and oxygen atoms in total. The lowest BCUT2D eigenvalue weighted by Gasteiger charge is -1.96. The van der Waals surface area contributed by atoms with Crippen LogP contribution in [0.15, 0.2) is 59.7 Å². The number of hydrogen-bond acceptors (Lipinski definition) is 10. The number of rotatable bonds is 2. The molecule has 3 heterocycles. The molecule has 190 valence electrons. The summed E-state index contributed by atoms with van der Waals surface area (Å²) in [6, 6.07) is 16.0. The third kappa shape index (κ3) is 3.46. The van der Waals surface area contributed by atoms with Crippen LogP contribution in [0.5, 0.6) is 0 Å². The second-order valence-electron chi connectivity index (χ2n) is 9.37. The van der Waals surface area contributed by atoms with E-state index in [2.05, 4.69) is 10.2 Å². The van der Waals surface area contributed by atoms with Crippen LogP contribution in [-0.4, -0.2) is 44.4 Å². The molecule has 3 aromatic heterocycles. The zero-order valence-corrected chi connectivity index (χ0v) is 25.4. The Morgan fingerprint density at radius 1 is 0.575 bits per heavy atom. The van der Waals surface area contributed by atoms with E-state index in [1.54, 1.807) is 34.5 Å². The zero-order chi connectivity index (χ0) is 27.3. The molecule has 0 bridgehead atoms. The highest BCUT2D eigenvalue weighted by atomic mass is 32.1. The van der Waals surface area contributed by atoms with Crippen molar-refractivity contribution < 1.29 is 0 Å². The van der Waals surface area contributed by atoms with Crippen LogP contribution in [0, 0.1) is 0 Å². The number of aromatic nitrogens is 5. The van der Waals surface area contributed by atoms with Gasteiger partial charge in [0.2, 0.25) is 0 Å². The van der Waals surface area contributed by atoms with Gasteiger partial charge in [-0.3, -0.25) is 0 Å². The second-order valence-corrected chi connectivity index (χ2v) is 13.1. The SMILES string of the molecule is Cn1nc2c(n1)c1nc(C=C3C(=S)c4ccccc4C3=S)sc1c1sc(C=C3C(=S)c4ccccc4C3=S)nc21. The molecule has 2 aliphatic rings. The van der Waals surface area contributed by atoms with Gasteiger partial charge in [-0.05, 0) is 12.2 Å². The van der Waals surface area contributed by atoms with E-state index in [-0.39, 0.29) is 0 Å². The monoisotopic (exact) mass is 623 g/mol. The van der Waals surface area contributed by atoms with Crippen LogP contribution in [0.25, 0.3) is 43.6 Å². The van der Waals surface area contributed by atoms with Gasteiger partial charge >= 0.3 is 0 Å². The molecule has 0 saturated carbocycles. The van der Waals surface area contributed by atoms with Crippen molar-refractivity contribution in [1.82, 2.24) is 25.0 Å². The highest BCUT2D eigenvalue weighted by Crippen LogP contribution is 2.41. The predicted molar refractivity (Wildman–Crippen MR) is 181 cm³/mol. The minimum absolute atomic E-state index is 0.717. The molecule has 0 fully saturated rings. The molecule has 40 heavy (non-hydrogen) atoms. The van der Waals surface area contributed by atoms with Gasteiger partial charge in [-0.1, -0.05) is 97.4 Å². The van der Waals surface area contributed by atoms with E-state index in [4.69, 9.17) is 58.8 Å². The molecule has 2 aliphatic carbocycles. The van der Waals surface area contributed by atoms with Gasteiger partial charge in [0.1, 0.15) is 32.1 Å². The first kappa shape index (κ1) is 24.5. The first-order chi connectivity index (χ1) is 19.4. The summed E-state index contributed by atoms with van der Waals surface area (Å²) in [4.78, 5) is 14.6. The van der Waals surface area contributed by atoms with Crippen molar-refractivity contribution in [2.45, 2.75) is 0 Å². The third-order valence-corrected chi connectivity index (χ3v) is 10.9. The summed E-state index contributed by atoms with van der Waals surface area (Å²) in [5.41, 5.74) is 8.73. The predicted octanol–water partition coefficient (Wildman–Crippen LogP) is 7.25. The third-order valence-electron chi connectivity index (χ3n) is 7.00. The summed E-state index contributed by atoms with van der Waals surface area (Å²) in [5, 5.41) is 10.9. The summed E-state index contributed by atoms with van der Waals surface area (Å²) in [6.07, 6.45) is 4.00. The molecule has 0 N–H and O–H groups in total. The van der Waals surface area contributed by atoms with Crippen molar-refractivity contribution in [3.8, 4) is 0 Å². The van der Waals surface area contributed by atoms with Gasteiger partial charge in [-0.15, -0.1) is 22.7 Å². The van der Waals surface area contributed by atoms with Crippen molar-refractivity contribution in [1.29, 1.82) is 0 Å². The Hall–Kier alpha value is -3.32. The van der Waals surface area contributed by atoms with E-state index >= 15 is 0 Å². The van der Waals surface area contributed by atoms with E-state index in [0.717, 1.165) is 94.3 Å². The second kappa shape index (κ2) is 8.84. The molecule has 0 unspecified atom stereocenters. The van der Waals surface area contributed by atoms with E-state index in [1.165, 1.54) is 0 Å². The minimum atomic E-state index is 0.717. The van der Waals surface area contributed by atoms with Gasteiger partial charge in [0.05, 0.1) is 28.9 Å². The summed E-state index contributed by atoms with van der Waals surface area (Å²) in [7, 11) is 1.81. The molecule has 0 spiro atoms. The molecule has 0 amide bonds. The molecule has 8 rings (SSSR count). The van der Waals surface area contributed by atoms with Crippen LogP contribution in [0.4, 0.5) is 0 Å². The van der Waals surface area contributed by atoms with Crippen molar-refractivity contribution >= 4 is 135 Å². The fourth-order valence-electron chi connectivity index (χ4n) is 5.21. The maximum absolute atomic E-state index is 5.79. The largest absolute Gasteiger partial charge is 0.234 e. The lowest BCUT2D eigenvalue weighted by molar-refractivity contribution is 0.666. The Kier molecular flexibility index (Phi) is 5.41. The molecule has 11 heteroatoms. The molecule has 0 atom stereocenters. The number of hydrogen-bond donors (Lipinski definition) is 0. The number of fused-ring (bicyclic) bond motifs is 8. The number of nitrogens with zero attached hydrogens (tertiary/aromatic N) is 5. The smallest absolute Gasteiger partial charge is 0.142 e. The Morgan fingerprint density at radius 2 is 0.925 bits per heavy atom. The summed E-state index contributed by atoms with van der Waals surface area (Å²) in [6.45, 7) is 0. The van der Waals surface area contributed by atoms with Gasteiger partial charge in [0, 0.05) is 40.4 Å². The van der Waals surface area contributed by atoms with Gasteiger partial charge in [0.25, 0.3) is 0 Å². The Labute approximate surface area is 256 Å². The standard InChI is InChI=1S/C29H13N5S6/c1-34-32-20-21(33-34)23-29(40-19(31-23)11-17-26(37)14-8-4-5-9-15(14)27(17)38)28-22(20)30-18(39-28)10-16-24(35)12-6-2-3-7-13(12)25(16)36/h2-11H,1H3. The van der Waals surface area contributed by atoms with E-state index < -0.39 is 0 Å². The highest BCUT2D eigenvalue weighted by Gasteiger charge is 2.29. The van der Waals surface area contributed by atoms with Crippen molar-refractivity contribution in [3.63, 3.8) is 0 Å². The fourth-order valence-corrected chi connectivity index (χ4v) is 8.84. The van der Waals surface area contributed by atoms with E-state index in [9.17, 15) is 0 Å². The summed E-state index contributed by atoms with van der Waals surface area (Å²) >= 11 is 26.3. The summed E-state index contributed by atoms with van der Waals surface area (Å²) < 4.78 is 2.01. The van der Waals surface area contributed by atoms with Crippen LogP contribution in [-0.2, 0) is 7.05 Å². The van der Waals surface area contributed by atoms with Crippen LogP contribution >= 0.6 is 71.5 Å². The first-order valence-electron chi connectivity index (χ1n) is 12.1. The van der Waals surface area contributed by atoms with Gasteiger partial charge < -0.3 is 0 Å². The van der Waals surface area contributed by atoms with Crippen molar-refractivity contribution in [3.05, 3.63) is 91.9 Å². The van der Waals surface area contributed by atoms with Gasteiger partial charge in [-0.25, -0.2) is 9.97 Å². The van der Waals surface area contributed by atoms with Gasteiger partial charge in [0.15, 0.2) is 0 Å². The molecule has 0 aliphatic heterocycles. The molecule has 0 radical (unpaired) electrons.